The number of hydrogen-bond donors (Lipinski definition) is 3. The number of piperidine rings is 1. The fourth-order valence-corrected chi connectivity index (χ4v) is 5.78. The highest BCUT2D eigenvalue weighted by Gasteiger charge is 2.32. The van der Waals surface area contributed by atoms with Crippen molar-refractivity contribution in [1.82, 2.24) is 15.4 Å². The summed E-state index contributed by atoms with van der Waals surface area (Å²) in [5.41, 5.74) is 2.14. The van der Waals surface area contributed by atoms with E-state index < -0.39 is 38.5 Å². The molecule has 2 atom stereocenters. The molecule has 6 nitrogen and oxygen atoms in total. The molecule has 1 fully saturated rings. The van der Waals surface area contributed by atoms with Gasteiger partial charge in [-0.3, -0.25) is 4.79 Å². The van der Waals surface area contributed by atoms with Crippen LogP contribution in [0.4, 0.5) is 8.78 Å². The summed E-state index contributed by atoms with van der Waals surface area (Å²) in [4.78, 5) is 12.0. The van der Waals surface area contributed by atoms with Gasteiger partial charge in [0.25, 0.3) is 0 Å². The second kappa shape index (κ2) is 11.1. The Balaban J connectivity index is 1.42. The molecule has 0 saturated carbocycles. The normalized spacial score (nSPS) is 18.4. The van der Waals surface area contributed by atoms with Crippen molar-refractivity contribution in [3.63, 3.8) is 0 Å². The number of rotatable bonds is 8. The molecule has 0 bridgehead atoms. The zero-order valence-corrected chi connectivity index (χ0v) is 19.8. The number of benzene rings is 3. The molecular weight excluding hydrogens is 472 g/mol. The van der Waals surface area contributed by atoms with Crippen LogP contribution < -0.4 is 15.4 Å². The molecule has 1 aliphatic rings. The Hall–Kier alpha value is -3.14. The van der Waals surface area contributed by atoms with Crippen LogP contribution in [-0.2, 0) is 14.8 Å². The van der Waals surface area contributed by atoms with E-state index in [1.807, 2.05) is 60.7 Å². The van der Waals surface area contributed by atoms with Gasteiger partial charge in [-0.1, -0.05) is 66.7 Å². The summed E-state index contributed by atoms with van der Waals surface area (Å²) in [5.74, 6) is -3.09. The predicted octanol–water partition coefficient (Wildman–Crippen LogP) is 3.17. The Morgan fingerprint density at radius 2 is 1.46 bits per heavy atom. The molecule has 3 aromatic rings. The molecule has 1 saturated heterocycles. The first-order chi connectivity index (χ1) is 16.8. The van der Waals surface area contributed by atoms with Crippen molar-refractivity contribution in [1.29, 1.82) is 0 Å². The van der Waals surface area contributed by atoms with Crippen molar-refractivity contribution in [2.24, 2.45) is 5.92 Å². The van der Waals surface area contributed by atoms with Crippen LogP contribution in [0, 0.1) is 17.6 Å². The summed E-state index contributed by atoms with van der Waals surface area (Å²) in [6, 6.07) is 21.9. The Morgan fingerprint density at radius 1 is 0.886 bits per heavy atom. The maximum atomic E-state index is 14.0. The first-order valence-corrected chi connectivity index (χ1v) is 12.9. The van der Waals surface area contributed by atoms with E-state index in [1.54, 1.807) is 0 Å². The fraction of sp³-hybridized carbons (Fsp3) is 0.269. The Bertz CT molecular complexity index is 1200. The van der Waals surface area contributed by atoms with Crippen molar-refractivity contribution in [3.8, 4) is 0 Å². The van der Waals surface area contributed by atoms with E-state index in [1.165, 1.54) is 0 Å². The lowest BCUT2D eigenvalue weighted by atomic mass is 9.90. The summed E-state index contributed by atoms with van der Waals surface area (Å²) in [6.07, 6.45) is 0.204. The molecule has 0 aromatic heterocycles. The van der Waals surface area contributed by atoms with E-state index in [0.29, 0.717) is 13.1 Å². The average Bonchev–Trinajstić information content (AvgIpc) is 2.85. The zero-order valence-electron chi connectivity index (χ0n) is 19.0. The molecule has 0 spiro atoms. The maximum Gasteiger partial charge on any atom is 0.246 e. The van der Waals surface area contributed by atoms with E-state index in [0.717, 1.165) is 29.3 Å². The van der Waals surface area contributed by atoms with Gasteiger partial charge >= 0.3 is 0 Å². The Labute approximate surface area is 203 Å². The minimum atomic E-state index is -4.44. The Morgan fingerprint density at radius 3 is 2.03 bits per heavy atom. The zero-order chi connectivity index (χ0) is 24.8. The lowest BCUT2D eigenvalue weighted by Gasteiger charge is -2.30. The molecule has 9 heteroatoms. The molecule has 1 heterocycles. The van der Waals surface area contributed by atoms with Crippen molar-refractivity contribution in [2.45, 2.75) is 23.3 Å². The van der Waals surface area contributed by atoms with Gasteiger partial charge in [0.1, 0.15) is 11.6 Å². The quantitative estimate of drug-likeness (QED) is 0.444. The van der Waals surface area contributed by atoms with Crippen LogP contribution in [0.3, 0.4) is 0 Å². The van der Waals surface area contributed by atoms with Gasteiger partial charge in [-0.15, -0.1) is 0 Å². The van der Waals surface area contributed by atoms with Crippen LogP contribution in [0.5, 0.6) is 0 Å². The third kappa shape index (κ3) is 6.11. The molecule has 0 aliphatic carbocycles. The molecule has 0 radical (unpaired) electrons. The largest absolute Gasteiger partial charge is 0.355 e. The van der Waals surface area contributed by atoms with Gasteiger partial charge in [0.05, 0.1) is 5.92 Å². The first-order valence-electron chi connectivity index (χ1n) is 11.4. The van der Waals surface area contributed by atoms with Crippen LogP contribution in [0.2, 0.25) is 0 Å². The predicted molar refractivity (Wildman–Crippen MR) is 129 cm³/mol. The van der Waals surface area contributed by atoms with E-state index in [-0.39, 0.29) is 24.8 Å². The van der Waals surface area contributed by atoms with Gasteiger partial charge in [-0.2, -0.15) is 0 Å². The fourth-order valence-electron chi connectivity index (χ4n) is 4.39. The van der Waals surface area contributed by atoms with E-state index in [9.17, 15) is 22.0 Å². The Kier molecular flexibility index (Phi) is 7.90. The molecule has 0 unspecified atom stereocenters. The van der Waals surface area contributed by atoms with E-state index >= 15 is 0 Å². The number of halogens is 2. The van der Waals surface area contributed by atoms with E-state index in [2.05, 4.69) is 15.4 Å². The summed E-state index contributed by atoms with van der Waals surface area (Å²) >= 11 is 0. The topological polar surface area (TPSA) is 87.3 Å². The van der Waals surface area contributed by atoms with Crippen molar-refractivity contribution >= 4 is 15.9 Å². The van der Waals surface area contributed by atoms with Crippen LogP contribution in [0.25, 0.3) is 0 Å². The highest BCUT2D eigenvalue weighted by atomic mass is 32.2. The van der Waals surface area contributed by atoms with Gasteiger partial charge in [0, 0.05) is 31.6 Å². The van der Waals surface area contributed by atoms with Crippen molar-refractivity contribution < 1.29 is 22.0 Å². The number of hydrogen-bond acceptors (Lipinski definition) is 4. The van der Waals surface area contributed by atoms with Crippen LogP contribution in [0.1, 0.15) is 23.5 Å². The average molecular weight is 500 g/mol. The van der Waals surface area contributed by atoms with Gasteiger partial charge in [-0.25, -0.2) is 21.9 Å². The number of nitrogens with one attached hydrogen (secondary N) is 3. The SMILES string of the molecule is O=C(NCC(c1ccccc1)c1ccccc1)[C@@H]1CNC[C@H](NS(=O)(=O)c2c(F)cccc2F)C1. The standard InChI is InChI=1S/C26H27F2N3O3S/c27-23-12-7-13-24(28)25(23)35(33,34)31-21-14-20(15-29-16-21)26(32)30-17-22(18-8-3-1-4-9-18)19-10-5-2-6-11-19/h1-13,20-22,29,31H,14-17H2,(H,30,32)/t20-,21+/m0/s1. The van der Waals surface area contributed by atoms with Crippen LogP contribution >= 0.6 is 0 Å². The minimum absolute atomic E-state index is 0.0452. The highest BCUT2D eigenvalue weighted by Crippen LogP contribution is 2.24. The van der Waals surface area contributed by atoms with E-state index in [4.69, 9.17) is 0 Å². The van der Waals surface area contributed by atoms with Gasteiger partial charge in [-0.05, 0) is 29.7 Å². The smallest absolute Gasteiger partial charge is 0.246 e. The number of sulfonamides is 1. The highest BCUT2D eigenvalue weighted by molar-refractivity contribution is 7.89. The second-order valence-corrected chi connectivity index (χ2v) is 10.2. The summed E-state index contributed by atoms with van der Waals surface area (Å²) in [5, 5.41) is 6.05. The molecule has 3 aromatic carbocycles. The van der Waals surface area contributed by atoms with Gasteiger partial charge in [0.2, 0.25) is 15.9 Å². The number of carbonyl (C=O) groups excluding carboxylic acids is 1. The molecule has 1 amide bonds. The second-order valence-electron chi connectivity index (χ2n) is 8.58. The van der Waals surface area contributed by atoms with Crippen molar-refractivity contribution in [3.05, 3.63) is 102 Å². The third-order valence-corrected chi connectivity index (χ3v) is 7.69. The van der Waals surface area contributed by atoms with Gasteiger partial charge < -0.3 is 10.6 Å². The number of amides is 1. The van der Waals surface area contributed by atoms with Crippen LogP contribution in [0.15, 0.2) is 83.8 Å². The lowest BCUT2D eigenvalue weighted by Crippen LogP contribution is -2.52. The molecule has 35 heavy (non-hydrogen) atoms. The summed E-state index contributed by atoms with van der Waals surface area (Å²) < 4.78 is 55.6. The van der Waals surface area contributed by atoms with Crippen LogP contribution in [-0.4, -0.2) is 40.0 Å². The lowest BCUT2D eigenvalue weighted by molar-refractivity contribution is -0.125. The third-order valence-electron chi connectivity index (χ3n) is 6.12. The molecule has 3 N–H and O–H groups in total. The summed E-state index contributed by atoms with van der Waals surface area (Å²) in [7, 11) is -4.44. The summed E-state index contributed by atoms with van der Waals surface area (Å²) in [6.45, 7) is 0.995. The molecule has 1 aliphatic heterocycles. The molecule has 4 rings (SSSR count). The maximum absolute atomic E-state index is 14.0. The monoisotopic (exact) mass is 499 g/mol. The molecule has 184 valence electrons. The molecular formula is C26H27F2N3O3S. The van der Waals surface area contributed by atoms with Crippen molar-refractivity contribution in [2.75, 3.05) is 19.6 Å². The number of carbonyl (C=O) groups is 1. The van der Waals surface area contributed by atoms with Gasteiger partial charge in [0.15, 0.2) is 4.90 Å². The minimum Gasteiger partial charge on any atom is -0.355 e. The first kappa shape index (κ1) is 25.0.